The highest BCUT2D eigenvalue weighted by Gasteiger charge is 2.58. The molecule has 0 aromatic heterocycles. The maximum Gasteiger partial charge on any atom is 0.211 e. The Bertz CT molecular complexity index is 538. The van der Waals surface area contributed by atoms with E-state index in [0.717, 1.165) is 25.0 Å². The predicted molar refractivity (Wildman–Crippen MR) is 86.4 cm³/mol. The molecule has 2 fully saturated rings. The van der Waals surface area contributed by atoms with Crippen LogP contribution in [0.15, 0.2) is 15.3 Å². The van der Waals surface area contributed by atoms with Crippen molar-refractivity contribution in [1.29, 1.82) is 5.41 Å². The van der Waals surface area contributed by atoms with E-state index in [9.17, 15) is 5.11 Å². The van der Waals surface area contributed by atoms with Gasteiger partial charge >= 0.3 is 0 Å². The molecule has 0 amide bonds. The standard InChI is InChI=1S/C13H24N8O/c1-12-4-3-9(19-21-11(16)17)6-13(12,22)5-2-8(12)7-18-20-10(14)15/h7-8,22H,2-6H2,1H3,(H4,14,15,20)(H4,16,17,21)/b18-7+,19-9+/t8-,12-,13+/m1/s1. The summed E-state index contributed by atoms with van der Waals surface area (Å²) in [5.41, 5.74) is 17.9. The molecule has 9 heteroatoms. The third-order valence-electron chi connectivity index (χ3n) is 4.93. The van der Waals surface area contributed by atoms with E-state index >= 15 is 0 Å². The lowest BCUT2D eigenvalue weighted by Crippen LogP contribution is -2.50. The molecule has 9 nitrogen and oxygen atoms in total. The van der Waals surface area contributed by atoms with E-state index in [-0.39, 0.29) is 23.3 Å². The van der Waals surface area contributed by atoms with Gasteiger partial charge in [0, 0.05) is 29.7 Å². The molecule has 3 atom stereocenters. The van der Waals surface area contributed by atoms with Gasteiger partial charge in [0.1, 0.15) is 0 Å². The van der Waals surface area contributed by atoms with E-state index in [1.165, 1.54) is 0 Å². The number of nitrogens with two attached hydrogens (primary N) is 3. The summed E-state index contributed by atoms with van der Waals surface area (Å²) in [5.74, 6) is -0.168. The number of guanidine groups is 2. The van der Waals surface area contributed by atoms with Crippen molar-refractivity contribution in [3.63, 3.8) is 0 Å². The minimum absolute atomic E-state index is 0.0837. The molecule has 0 unspecified atom stereocenters. The van der Waals surface area contributed by atoms with Crippen LogP contribution in [-0.4, -0.2) is 34.6 Å². The van der Waals surface area contributed by atoms with Crippen LogP contribution in [0, 0.1) is 16.7 Å². The molecule has 2 saturated carbocycles. The summed E-state index contributed by atoms with van der Waals surface area (Å²) in [4.78, 5) is 0. The maximum absolute atomic E-state index is 11.0. The van der Waals surface area contributed by atoms with Crippen LogP contribution >= 0.6 is 0 Å². The zero-order chi connectivity index (χ0) is 16.4. The molecule has 2 rings (SSSR count). The first-order valence-electron chi connectivity index (χ1n) is 7.27. The quantitative estimate of drug-likeness (QED) is 0.232. The Kier molecular flexibility index (Phi) is 4.36. The molecule has 0 spiro atoms. The third-order valence-corrected chi connectivity index (χ3v) is 4.93. The van der Waals surface area contributed by atoms with Gasteiger partial charge in [-0.2, -0.15) is 10.2 Å². The lowest BCUT2D eigenvalue weighted by Gasteiger charge is -2.46. The van der Waals surface area contributed by atoms with Crippen LogP contribution in [0.25, 0.3) is 0 Å². The van der Waals surface area contributed by atoms with Gasteiger partial charge in [0.05, 0.1) is 5.60 Å². The lowest BCUT2D eigenvalue weighted by atomic mass is 9.62. The zero-order valence-electron chi connectivity index (χ0n) is 12.7. The number of aliphatic hydroxyl groups is 1. The van der Waals surface area contributed by atoms with Gasteiger partial charge in [-0.15, -0.1) is 5.10 Å². The van der Waals surface area contributed by atoms with Gasteiger partial charge in [0.15, 0.2) is 0 Å². The fourth-order valence-corrected chi connectivity index (χ4v) is 3.53. The highest BCUT2D eigenvalue weighted by Crippen LogP contribution is 2.56. The Hall–Kier alpha value is -2.16. The molecule has 0 heterocycles. The highest BCUT2D eigenvalue weighted by molar-refractivity contribution is 5.88. The molecule has 0 radical (unpaired) electrons. The van der Waals surface area contributed by atoms with Crippen molar-refractivity contribution in [3.05, 3.63) is 0 Å². The van der Waals surface area contributed by atoms with Crippen molar-refractivity contribution in [2.45, 2.75) is 44.6 Å². The number of hydrogen-bond donors (Lipinski definition) is 6. The van der Waals surface area contributed by atoms with Gasteiger partial charge in [-0.3, -0.25) is 5.41 Å². The molecule has 2 aliphatic rings. The smallest absolute Gasteiger partial charge is 0.211 e. The second kappa shape index (κ2) is 5.91. The second-order valence-corrected chi connectivity index (χ2v) is 6.27. The zero-order valence-corrected chi connectivity index (χ0v) is 12.7. The number of rotatable bonds is 3. The molecule has 0 aliphatic heterocycles. The molecule has 22 heavy (non-hydrogen) atoms. The Morgan fingerprint density at radius 3 is 2.77 bits per heavy atom. The molecule has 122 valence electrons. The van der Waals surface area contributed by atoms with E-state index in [0.29, 0.717) is 12.8 Å². The summed E-state index contributed by atoms with van der Waals surface area (Å²) < 4.78 is 0. The lowest BCUT2D eigenvalue weighted by molar-refractivity contribution is -0.0652. The van der Waals surface area contributed by atoms with E-state index in [1.807, 2.05) is 0 Å². The Morgan fingerprint density at radius 2 is 2.14 bits per heavy atom. The first-order chi connectivity index (χ1) is 10.3. The van der Waals surface area contributed by atoms with Crippen LogP contribution in [-0.2, 0) is 0 Å². The second-order valence-electron chi connectivity index (χ2n) is 6.27. The van der Waals surface area contributed by atoms with Crippen molar-refractivity contribution in [3.8, 4) is 0 Å². The number of nitrogens with one attached hydrogen (secondary N) is 2. The average molecular weight is 308 g/mol. The monoisotopic (exact) mass is 308 g/mol. The van der Waals surface area contributed by atoms with Gasteiger partial charge in [-0.05, 0) is 25.7 Å². The molecule has 0 aromatic carbocycles. The number of hydrazone groups is 1. The summed E-state index contributed by atoms with van der Waals surface area (Å²) in [6.07, 6.45) is 5.22. The van der Waals surface area contributed by atoms with Crippen LogP contribution in [0.4, 0.5) is 0 Å². The predicted octanol–water partition coefficient (Wildman–Crippen LogP) is -0.584. The molecular weight excluding hydrogens is 284 g/mol. The summed E-state index contributed by atoms with van der Waals surface area (Å²) in [6, 6.07) is 0. The van der Waals surface area contributed by atoms with Crippen LogP contribution in [0.5, 0.6) is 0 Å². The maximum atomic E-state index is 11.0. The van der Waals surface area contributed by atoms with E-state index < -0.39 is 5.60 Å². The van der Waals surface area contributed by atoms with Gasteiger partial charge in [0.2, 0.25) is 11.9 Å². The number of nitrogens with zero attached hydrogens (tertiary/aromatic N) is 3. The van der Waals surface area contributed by atoms with Crippen molar-refractivity contribution in [1.82, 2.24) is 5.43 Å². The first-order valence-corrected chi connectivity index (χ1v) is 7.27. The average Bonchev–Trinajstić information content (AvgIpc) is 2.68. The third kappa shape index (κ3) is 3.03. The van der Waals surface area contributed by atoms with Crippen LogP contribution in [0.2, 0.25) is 0 Å². The molecule has 2 aliphatic carbocycles. The fraction of sp³-hybridized carbons (Fsp3) is 0.692. The van der Waals surface area contributed by atoms with Crippen LogP contribution in [0.1, 0.15) is 39.0 Å². The van der Waals surface area contributed by atoms with Crippen LogP contribution < -0.4 is 22.6 Å². The summed E-state index contributed by atoms with van der Waals surface area (Å²) >= 11 is 0. The topological polar surface area (TPSA) is 171 Å². The summed E-state index contributed by atoms with van der Waals surface area (Å²) in [5, 5.41) is 29.8. The van der Waals surface area contributed by atoms with Gasteiger partial charge < -0.3 is 22.3 Å². The van der Waals surface area contributed by atoms with Crippen molar-refractivity contribution < 1.29 is 5.11 Å². The molecule has 9 N–H and O–H groups in total. The summed E-state index contributed by atoms with van der Waals surface area (Å²) in [6.45, 7) is 2.07. The van der Waals surface area contributed by atoms with E-state index in [1.54, 1.807) is 6.21 Å². The molecular formula is C13H24N8O. The minimum atomic E-state index is -0.837. The van der Waals surface area contributed by atoms with E-state index in [2.05, 4.69) is 27.7 Å². The van der Waals surface area contributed by atoms with Crippen molar-refractivity contribution >= 4 is 23.8 Å². The van der Waals surface area contributed by atoms with Gasteiger partial charge in [-0.1, -0.05) is 6.92 Å². The normalized spacial score (nSPS) is 36.3. The van der Waals surface area contributed by atoms with Crippen molar-refractivity contribution in [2.75, 3.05) is 0 Å². The Balaban J connectivity index is 2.13. The Labute approximate surface area is 129 Å². The molecule has 0 aromatic rings. The number of fused-ring (bicyclic) bond motifs is 1. The van der Waals surface area contributed by atoms with E-state index in [4.69, 9.17) is 22.6 Å². The highest BCUT2D eigenvalue weighted by atomic mass is 16.3. The van der Waals surface area contributed by atoms with Crippen LogP contribution in [0.3, 0.4) is 0 Å². The summed E-state index contributed by atoms with van der Waals surface area (Å²) in [7, 11) is 0. The number of hydrogen-bond acceptors (Lipinski definition) is 5. The van der Waals surface area contributed by atoms with Gasteiger partial charge in [-0.25, -0.2) is 5.43 Å². The minimum Gasteiger partial charge on any atom is -0.389 e. The molecule has 0 saturated heterocycles. The molecule has 0 bridgehead atoms. The SMILES string of the molecule is C[C@]12CC/C(=N\N=C(N)N)C[C@@]1(O)CC[C@@H]2/C=N/NC(=N)N. The van der Waals surface area contributed by atoms with Gasteiger partial charge in [0.25, 0.3) is 0 Å². The van der Waals surface area contributed by atoms with Crippen molar-refractivity contribution in [2.24, 2.45) is 43.8 Å². The Morgan fingerprint density at radius 1 is 1.41 bits per heavy atom. The first kappa shape index (κ1) is 16.2. The fourth-order valence-electron chi connectivity index (χ4n) is 3.53. The largest absolute Gasteiger partial charge is 0.389 e.